The summed E-state index contributed by atoms with van der Waals surface area (Å²) in [6.45, 7) is 4.27. The lowest BCUT2D eigenvalue weighted by molar-refractivity contribution is 0.351. The molecular formula is C11H18N4O. The quantitative estimate of drug-likeness (QED) is 0.770. The van der Waals surface area contributed by atoms with Crippen LogP contribution in [0, 0.1) is 5.92 Å². The molecule has 16 heavy (non-hydrogen) atoms. The summed E-state index contributed by atoms with van der Waals surface area (Å²) >= 11 is 0. The molecule has 2 N–H and O–H groups in total. The average Bonchev–Trinajstić information content (AvgIpc) is 2.99. The molecular weight excluding hydrogens is 204 g/mol. The molecule has 0 radical (unpaired) electrons. The maximum atomic E-state index is 5.32. The number of nitrogens with zero attached hydrogens (tertiary/aromatic N) is 2. The van der Waals surface area contributed by atoms with Crippen LogP contribution < -0.4 is 10.6 Å². The van der Waals surface area contributed by atoms with E-state index >= 15 is 0 Å². The van der Waals surface area contributed by atoms with Crippen molar-refractivity contribution in [3.63, 3.8) is 0 Å². The topological polar surface area (TPSA) is 63.0 Å². The molecule has 2 atom stereocenters. The van der Waals surface area contributed by atoms with Crippen molar-refractivity contribution in [1.82, 2.24) is 20.8 Å². The van der Waals surface area contributed by atoms with Gasteiger partial charge in [0.25, 0.3) is 0 Å². The number of aromatic nitrogens is 2. The van der Waals surface area contributed by atoms with Crippen LogP contribution in [-0.4, -0.2) is 36.3 Å². The first-order valence-corrected chi connectivity index (χ1v) is 6.16. The Bertz CT molecular complexity index is 340. The summed E-state index contributed by atoms with van der Waals surface area (Å²) in [5.74, 6) is 2.84. The number of nitrogens with one attached hydrogen (secondary N) is 2. The highest BCUT2D eigenvalue weighted by atomic mass is 16.5. The lowest BCUT2D eigenvalue weighted by Gasteiger charge is -2.02. The Morgan fingerprint density at radius 1 is 1.19 bits per heavy atom. The van der Waals surface area contributed by atoms with E-state index < -0.39 is 0 Å². The van der Waals surface area contributed by atoms with Crippen LogP contribution in [0.15, 0.2) is 4.52 Å². The summed E-state index contributed by atoms with van der Waals surface area (Å²) in [6.07, 6.45) is 3.28. The number of rotatable bonds is 3. The predicted molar refractivity (Wildman–Crippen MR) is 59.2 cm³/mol. The van der Waals surface area contributed by atoms with Crippen LogP contribution in [-0.2, 0) is 6.42 Å². The summed E-state index contributed by atoms with van der Waals surface area (Å²) in [4.78, 5) is 4.51. The smallest absolute Gasteiger partial charge is 0.226 e. The minimum Gasteiger partial charge on any atom is -0.339 e. The van der Waals surface area contributed by atoms with Crippen molar-refractivity contribution < 1.29 is 4.52 Å². The van der Waals surface area contributed by atoms with Gasteiger partial charge in [0.05, 0.1) is 0 Å². The Balaban J connectivity index is 1.62. The minimum absolute atomic E-state index is 0.458. The van der Waals surface area contributed by atoms with Crippen molar-refractivity contribution >= 4 is 0 Å². The van der Waals surface area contributed by atoms with Gasteiger partial charge in [0.1, 0.15) is 0 Å². The molecule has 88 valence electrons. The second-order valence-corrected chi connectivity index (χ2v) is 4.80. The van der Waals surface area contributed by atoms with Crippen LogP contribution in [0.1, 0.15) is 30.5 Å². The second-order valence-electron chi connectivity index (χ2n) is 4.80. The van der Waals surface area contributed by atoms with Crippen molar-refractivity contribution in [3.8, 4) is 0 Å². The fraction of sp³-hybridized carbons (Fsp3) is 0.818. The first-order valence-electron chi connectivity index (χ1n) is 6.16. The van der Waals surface area contributed by atoms with Crippen molar-refractivity contribution in [2.45, 2.75) is 25.2 Å². The summed E-state index contributed by atoms with van der Waals surface area (Å²) in [6, 6.07) is 0. The molecule has 5 heteroatoms. The van der Waals surface area contributed by atoms with E-state index in [9.17, 15) is 0 Å². The van der Waals surface area contributed by atoms with Crippen LogP contribution in [0.3, 0.4) is 0 Å². The third-order valence-electron chi connectivity index (χ3n) is 3.53. The van der Waals surface area contributed by atoms with E-state index in [-0.39, 0.29) is 0 Å². The molecule has 2 unspecified atom stereocenters. The van der Waals surface area contributed by atoms with Crippen molar-refractivity contribution in [3.05, 3.63) is 11.7 Å². The molecule has 0 aliphatic carbocycles. The molecule has 0 bridgehead atoms. The van der Waals surface area contributed by atoms with E-state index in [4.69, 9.17) is 4.52 Å². The monoisotopic (exact) mass is 222 g/mol. The fourth-order valence-electron chi connectivity index (χ4n) is 2.53. The first kappa shape index (κ1) is 10.2. The van der Waals surface area contributed by atoms with E-state index in [2.05, 4.69) is 20.8 Å². The molecule has 3 heterocycles. The summed E-state index contributed by atoms with van der Waals surface area (Å²) in [5.41, 5.74) is 0. The van der Waals surface area contributed by atoms with Gasteiger partial charge >= 0.3 is 0 Å². The van der Waals surface area contributed by atoms with Gasteiger partial charge in [-0.1, -0.05) is 5.16 Å². The lowest BCUT2D eigenvalue weighted by Crippen LogP contribution is -2.11. The Labute approximate surface area is 95.0 Å². The molecule has 0 spiro atoms. The fourth-order valence-corrected chi connectivity index (χ4v) is 2.53. The molecule has 0 saturated carbocycles. The van der Waals surface area contributed by atoms with Crippen LogP contribution in [0.25, 0.3) is 0 Å². The third-order valence-corrected chi connectivity index (χ3v) is 3.53. The van der Waals surface area contributed by atoms with Gasteiger partial charge in [0, 0.05) is 18.9 Å². The zero-order chi connectivity index (χ0) is 10.8. The number of hydrogen-bond donors (Lipinski definition) is 2. The van der Waals surface area contributed by atoms with Crippen molar-refractivity contribution in [1.29, 1.82) is 0 Å². The van der Waals surface area contributed by atoms with Crippen molar-refractivity contribution in [2.24, 2.45) is 5.92 Å². The Morgan fingerprint density at radius 3 is 2.81 bits per heavy atom. The van der Waals surface area contributed by atoms with Gasteiger partial charge in [-0.15, -0.1) is 0 Å². The SMILES string of the molecule is C1CC(Cc2nc(C3CCNC3)no2)CN1. The second kappa shape index (κ2) is 4.51. The van der Waals surface area contributed by atoms with E-state index in [1.807, 2.05) is 0 Å². The standard InChI is InChI=1S/C11H18N4O/c1-3-12-6-8(1)5-10-14-11(15-16-10)9-2-4-13-7-9/h8-9,12-13H,1-7H2. The van der Waals surface area contributed by atoms with Crippen LogP contribution in [0.4, 0.5) is 0 Å². The Hall–Kier alpha value is -0.940. The van der Waals surface area contributed by atoms with Gasteiger partial charge in [-0.25, -0.2) is 0 Å². The first-order chi connectivity index (χ1) is 7.92. The largest absolute Gasteiger partial charge is 0.339 e. The van der Waals surface area contributed by atoms with Gasteiger partial charge in [0.2, 0.25) is 5.89 Å². The summed E-state index contributed by atoms with van der Waals surface area (Å²) < 4.78 is 5.32. The molecule has 2 saturated heterocycles. The lowest BCUT2D eigenvalue weighted by atomic mass is 10.1. The minimum atomic E-state index is 0.458. The maximum absolute atomic E-state index is 5.32. The molecule has 5 nitrogen and oxygen atoms in total. The molecule has 0 aromatic carbocycles. The maximum Gasteiger partial charge on any atom is 0.226 e. The van der Waals surface area contributed by atoms with Gasteiger partial charge in [0.15, 0.2) is 5.82 Å². The zero-order valence-corrected chi connectivity index (χ0v) is 9.41. The van der Waals surface area contributed by atoms with Gasteiger partial charge in [-0.3, -0.25) is 0 Å². The molecule has 1 aromatic rings. The normalized spacial score (nSPS) is 30.0. The highest BCUT2D eigenvalue weighted by molar-refractivity contribution is 5.00. The molecule has 1 aromatic heterocycles. The zero-order valence-electron chi connectivity index (χ0n) is 9.41. The summed E-state index contributed by atoms with van der Waals surface area (Å²) in [5, 5.41) is 10.8. The summed E-state index contributed by atoms with van der Waals surface area (Å²) in [7, 11) is 0. The third kappa shape index (κ3) is 2.10. The highest BCUT2D eigenvalue weighted by Crippen LogP contribution is 2.20. The van der Waals surface area contributed by atoms with Gasteiger partial charge in [-0.2, -0.15) is 4.98 Å². The van der Waals surface area contributed by atoms with Crippen LogP contribution in [0.2, 0.25) is 0 Å². The van der Waals surface area contributed by atoms with E-state index in [1.54, 1.807) is 0 Å². The van der Waals surface area contributed by atoms with Crippen LogP contribution in [0.5, 0.6) is 0 Å². The Morgan fingerprint density at radius 2 is 2.06 bits per heavy atom. The van der Waals surface area contributed by atoms with E-state index in [0.717, 1.165) is 50.7 Å². The molecule has 0 amide bonds. The van der Waals surface area contributed by atoms with Gasteiger partial charge in [-0.05, 0) is 38.4 Å². The molecule has 3 rings (SSSR count). The molecule has 2 aliphatic heterocycles. The van der Waals surface area contributed by atoms with Crippen LogP contribution >= 0.6 is 0 Å². The predicted octanol–water partition coefficient (Wildman–Crippen LogP) is 0.298. The molecule has 2 aliphatic rings. The van der Waals surface area contributed by atoms with E-state index in [0.29, 0.717) is 11.8 Å². The average molecular weight is 222 g/mol. The molecule has 2 fully saturated rings. The van der Waals surface area contributed by atoms with Crippen molar-refractivity contribution in [2.75, 3.05) is 26.2 Å². The van der Waals surface area contributed by atoms with Gasteiger partial charge < -0.3 is 15.2 Å². The highest BCUT2D eigenvalue weighted by Gasteiger charge is 2.23. The number of hydrogen-bond acceptors (Lipinski definition) is 5. The van der Waals surface area contributed by atoms with E-state index in [1.165, 1.54) is 6.42 Å². The Kier molecular flexibility index (Phi) is 2.88.